The van der Waals surface area contributed by atoms with Gasteiger partial charge in [-0.05, 0) is 57.8 Å². The number of carbonyl (C=O) groups is 3. The molecule has 2 N–H and O–H groups in total. The number of rotatable bonds is 5. The minimum Gasteiger partial charge on any atom is -0.497 e. The van der Waals surface area contributed by atoms with E-state index in [2.05, 4.69) is 27.2 Å². The summed E-state index contributed by atoms with van der Waals surface area (Å²) in [5.41, 5.74) is -0.281. The van der Waals surface area contributed by atoms with E-state index in [1.807, 2.05) is 20.0 Å². The smallest absolute Gasteiger partial charge is 0.325 e. The molecule has 30 heavy (non-hydrogen) atoms. The Kier molecular flexibility index (Phi) is 8.11. The first kappa shape index (κ1) is 23.1. The molecule has 0 radical (unpaired) electrons. The summed E-state index contributed by atoms with van der Waals surface area (Å²) in [5, 5.41) is 5.47. The molecule has 0 aromatic heterocycles. The Morgan fingerprint density at radius 3 is 2.43 bits per heavy atom. The van der Waals surface area contributed by atoms with Crippen LogP contribution in [0.25, 0.3) is 0 Å². The van der Waals surface area contributed by atoms with E-state index in [9.17, 15) is 14.4 Å². The molecule has 0 unspecified atom stereocenters. The summed E-state index contributed by atoms with van der Waals surface area (Å²) >= 11 is 0. The minimum atomic E-state index is -0.857. The topological polar surface area (TPSA) is 103 Å². The number of hydrogen-bond acceptors (Lipinski definition) is 6. The molecule has 2 heterocycles. The first-order valence-corrected chi connectivity index (χ1v) is 9.68. The van der Waals surface area contributed by atoms with Gasteiger partial charge in [0.1, 0.15) is 17.8 Å². The van der Waals surface area contributed by atoms with Crippen molar-refractivity contribution < 1.29 is 19.1 Å². The predicted octanol–water partition coefficient (Wildman–Crippen LogP) is 1.87. The van der Waals surface area contributed by atoms with Gasteiger partial charge in [-0.3, -0.25) is 19.5 Å². The average Bonchev–Trinajstić information content (AvgIpc) is 2.96. The second-order valence-electron chi connectivity index (χ2n) is 7.15. The van der Waals surface area contributed by atoms with Gasteiger partial charge in [-0.25, -0.2) is 4.79 Å². The number of likely N-dealkylation sites (tertiary alicyclic amines) is 1. The number of ether oxygens (including phenoxy) is 1. The van der Waals surface area contributed by atoms with Crippen LogP contribution in [0.4, 0.5) is 10.5 Å². The van der Waals surface area contributed by atoms with Crippen LogP contribution in [0.2, 0.25) is 0 Å². The maximum Gasteiger partial charge on any atom is 0.325 e. The molecule has 0 bridgehead atoms. The Hall–Kier alpha value is -3.20. The van der Waals surface area contributed by atoms with E-state index in [1.54, 1.807) is 37.6 Å². The molecule has 2 saturated heterocycles. The first-order chi connectivity index (χ1) is 14.3. The molecule has 1 aromatic rings. The zero-order valence-corrected chi connectivity index (χ0v) is 17.7. The van der Waals surface area contributed by atoms with Crippen LogP contribution >= 0.6 is 0 Å². The van der Waals surface area contributed by atoms with Gasteiger partial charge in [0.05, 0.1) is 7.11 Å². The van der Waals surface area contributed by atoms with Crippen molar-refractivity contribution >= 4 is 30.3 Å². The van der Waals surface area contributed by atoms with E-state index < -0.39 is 17.5 Å². The maximum atomic E-state index is 12.7. The SMILES string of the molecule is C=N/C=C\C.COc1ccc(NC(=O)CN2C(=O)NC3(CCN(C)CC3)C2=O)cc1. The third-order valence-electron chi connectivity index (χ3n) is 5.02. The van der Waals surface area contributed by atoms with Crippen LogP contribution in [-0.2, 0) is 9.59 Å². The van der Waals surface area contributed by atoms with Crippen molar-refractivity contribution in [3.63, 3.8) is 0 Å². The number of hydrogen-bond donors (Lipinski definition) is 2. The lowest BCUT2D eigenvalue weighted by atomic mass is 9.88. The summed E-state index contributed by atoms with van der Waals surface area (Å²) < 4.78 is 5.06. The highest BCUT2D eigenvalue weighted by atomic mass is 16.5. The van der Waals surface area contributed by atoms with E-state index in [1.165, 1.54) is 0 Å². The van der Waals surface area contributed by atoms with Crippen LogP contribution in [-0.4, -0.2) is 73.7 Å². The fourth-order valence-corrected chi connectivity index (χ4v) is 3.28. The normalized spacial score (nSPS) is 18.0. The van der Waals surface area contributed by atoms with Gasteiger partial charge in [-0.15, -0.1) is 0 Å². The van der Waals surface area contributed by atoms with Crippen LogP contribution in [0.3, 0.4) is 0 Å². The minimum absolute atomic E-state index is 0.297. The molecule has 162 valence electrons. The number of nitrogens with zero attached hydrogens (tertiary/aromatic N) is 3. The Balaban J connectivity index is 0.000000575. The number of methoxy groups -OCH3 is 1. The van der Waals surface area contributed by atoms with Gasteiger partial charge in [-0.1, -0.05) is 6.08 Å². The van der Waals surface area contributed by atoms with Gasteiger partial charge in [0.15, 0.2) is 0 Å². The van der Waals surface area contributed by atoms with Gasteiger partial charge < -0.3 is 20.3 Å². The summed E-state index contributed by atoms with van der Waals surface area (Å²) in [6.07, 6.45) is 4.59. The highest BCUT2D eigenvalue weighted by molar-refractivity contribution is 6.10. The number of carbonyl (C=O) groups excluding carboxylic acids is 3. The standard InChI is InChI=1S/C17H22N4O4.C4H7N/c1-20-9-7-17(8-10-20)15(23)21(16(24)19-17)11-14(22)18-12-3-5-13(25-2)6-4-12;1-3-4-5-2/h3-6H,7-11H2,1-2H3,(H,18,22)(H,19,24);3-4H,2H2,1H3/b;4-3-. The van der Waals surface area contributed by atoms with Crippen molar-refractivity contribution in [2.24, 2.45) is 4.99 Å². The van der Waals surface area contributed by atoms with Crippen molar-refractivity contribution in [3.05, 3.63) is 36.5 Å². The number of benzene rings is 1. The molecule has 1 aromatic carbocycles. The molecular weight excluding hydrogens is 386 g/mol. The highest BCUT2D eigenvalue weighted by Gasteiger charge is 2.52. The largest absolute Gasteiger partial charge is 0.497 e. The van der Waals surface area contributed by atoms with E-state index in [0.29, 0.717) is 24.3 Å². The number of anilines is 1. The molecule has 0 atom stereocenters. The Labute approximate surface area is 176 Å². The van der Waals surface area contributed by atoms with Crippen molar-refractivity contribution in [2.75, 3.05) is 39.1 Å². The molecule has 9 heteroatoms. The van der Waals surface area contributed by atoms with Crippen molar-refractivity contribution in [3.8, 4) is 5.75 Å². The maximum absolute atomic E-state index is 12.7. The first-order valence-electron chi connectivity index (χ1n) is 9.68. The third-order valence-corrected chi connectivity index (χ3v) is 5.02. The molecule has 2 aliphatic rings. The Morgan fingerprint density at radius 2 is 1.93 bits per heavy atom. The van der Waals surface area contributed by atoms with E-state index in [4.69, 9.17) is 4.74 Å². The number of nitrogens with one attached hydrogen (secondary N) is 2. The number of urea groups is 1. The fourth-order valence-electron chi connectivity index (χ4n) is 3.28. The van der Waals surface area contributed by atoms with Gasteiger partial charge in [-0.2, -0.15) is 0 Å². The van der Waals surface area contributed by atoms with Crippen molar-refractivity contribution in [2.45, 2.75) is 25.3 Å². The summed E-state index contributed by atoms with van der Waals surface area (Å²) in [6, 6.07) is 6.33. The summed E-state index contributed by atoms with van der Waals surface area (Å²) in [7, 11) is 3.54. The zero-order chi connectivity index (χ0) is 22.1. The Morgan fingerprint density at radius 1 is 1.30 bits per heavy atom. The number of allylic oxidation sites excluding steroid dienone is 1. The lowest BCUT2D eigenvalue weighted by molar-refractivity contribution is -0.135. The number of imide groups is 1. The van der Waals surface area contributed by atoms with E-state index in [-0.39, 0.29) is 12.5 Å². The lowest BCUT2D eigenvalue weighted by Gasteiger charge is -2.35. The fraction of sp³-hybridized carbons (Fsp3) is 0.429. The van der Waals surface area contributed by atoms with Gasteiger partial charge >= 0.3 is 6.03 Å². The zero-order valence-electron chi connectivity index (χ0n) is 17.7. The third kappa shape index (κ3) is 5.66. The van der Waals surface area contributed by atoms with Crippen molar-refractivity contribution in [1.29, 1.82) is 0 Å². The molecule has 1 spiro atoms. The van der Waals surface area contributed by atoms with Crippen molar-refractivity contribution in [1.82, 2.24) is 15.1 Å². The van der Waals surface area contributed by atoms with Crippen LogP contribution in [0.5, 0.6) is 5.75 Å². The monoisotopic (exact) mass is 415 g/mol. The summed E-state index contributed by atoms with van der Waals surface area (Å²) in [6.45, 7) is 6.28. The quantitative estimate of drug-likeness (QED) is 0.564. The predicted molar refractivity (Wildman–Crippen MR) is 116 cm³/mol. The number of aliphatic imine (C=N–C) groups is 1. The molecule has 0 saturated carbocycles. The van der Waals surface area contributed by atoms with Crippen LogP contribution < -0.4 is 15.4 Å². The highest BCUT2D eigenvalue weighted by Crippen LogP contribution is 2.29. The lowest BCUT2D eigenvalue weighted by Crippen LogP contribution is -2.54. The van der Waals surface area contributed by atoms with E-state index >= 15 is 0 Å². The number of amides is 4. The van der Waals surface area contributed by atoms with E-state index in [0.717, 1.165) is 18.0 Å². The molecular formula is C21H29N5O4. The average molecular weight is 415 g/mol. The molecule has 4 amide bonds. The summed E-state index contributed by atoms with van der Waals surface area (Å²) in [4.78, 5) is 43.6. The van der Waals surface area contributed by atoms with Gasteiger partial charge in [0, 0.05) is 25.0 Å². The second-order valence-corrected chi connectivity index (χ2v) is 7.15. The van der Waals surface area contributed by atoms with Gasteiger partial charge in [0.25, 0.3) is 5.91 Å². The molecule has 3 rings (SSSR count). The molecule has 0 aliphatic carbocycles. The molecule has 2 aliphatic heterocycles. The van der Waals surface area contributed by atoms with Gasteiger partial charge in [0.2, 0.25) is 5.91 Å². The second kappa shape index (κ2) is 10.5. The molecule has 9 nitrogen and oxygen atoms in total. The van der Waals surface area contributed by atoms with Crippen LogP contribution in [0.1, 0.15) is 19.8 Å². The van der Waals surface area contributed by atoms with Crippen LogP contribution in [0.15, 0.2) is 41.5 Å². The Bertz CT molecular complexity index is 798. The number of piperidine rings is 1. The van der Waals surface area contributed by atoms with Crippen LogP contribution in [0, 0.1) is 0 Å². The molecule has 2 fully saturated rings. The summed E-state index contributed by atoms with van der Waals surface area (Å²) in [5.74, 6) is -0.0505.